The Morgan fingerprint density at radius 3 is 2.41 bits per heavy atom. The van der Waals surface area contributed by atoms with Gasteiger partial charge in [-0.1, -0.05) is 54.6 Å². The molecule has 0 heterocycles. The van der Waals surface area contributed by atoms with E-state index in [1.54, 1.807) is 49.6 Å². The minimum Gasteiger partial charge on any atom is -0.496 e. The zero-order chi connectivity index (χ0) is 26.0. The van der Waals surface area contributed by atoms with Gasteiger partial charge in [-0.25, -0.2) is 4.39 Å². The fraction of sp³-hybridized carbons (Fsp3) is 0.0968. The van der Waals surface area contributed by atoms with Gasteiger partial charge in [0.15, 0.2) is 0 Å². The van der Waals surface area contributed by atoms with Crippen LogP contribution in [0.1, 0.15) is 22.3 Å². The Bertz CT molecular complexity index is 1440. The van der Waals surface area contributed by atoms with Crippen molar-refractivity contribution in [2.45, 2.75) is 13.0 Å². The molecule has 0 aromatic heterocycles. The van der Waals surface area contributed by atoms with Crippen molar-refractivity contribution >= 4 is 17.7 Å². The molecule has 0 unspecified atom stereocenters. The Morgan fingerprint density at radius 1 is 0.946 bits per heavy atom. The summed E-state index contributed by atoms with van der Waals surface area (Å²) in [6.07, 6.45) is 1.99. The molecule has 0 aliphatic carbocycles. The number of amides is 1. The summed E-state index contributed by atoms with van der Waals surface area (Å²) in [7, 11) is 1.54. The van der Waals surface area contributed by atoms with Gasteiger partial charge in [-0.05, 0) is 70.8 Å². The van der Waals surface area contributed by atoms with Crippen molar-refractivity contribution in [2.75, 3.05) is 12.4 Å². The molecule has 37 heavy (non-hydrogen) atoms. The Kier molecular flexibility index (Phi) is 8.30. The number of nitrogens with one attached hydrogen (secondary N) is 1. The monoisotopic (exact) mass is 492 g/mol. The van der Waals surface area contributed by atoms with E-state index >= 15 is 0 Å². The predicted molar refractivity (Wildman–Crippen MR) is 142 cm³/mol. The van der Waals surface area contributed by atoms with Crippen LogP contribution in [0, 0.1) is 17.1 Å². The first-order valence-electron chi connectivity index (χ1n) is 11.7. The van der Waals surface area contributed by atoms with Crippen LogP contribution in [-0.4, -0.2) is 13.0 Å². The number of nitrogens with zero attached hydrogens (tertiary/aromatic N) is 1. The lowest BCUT2D eigenvalue weighted by Gasteiger charge is -2.10. The second-order valence-corrected chi connectivity index (χ2v) is 8.30. The molecule has 0 bridgehead atoms. The van der Waals surface area contributed by atoms with E-state index in [9.17, 15) is 14.4 Å². The Balaban J connectivity index is 1.41. The molecule has 5 nitrogen and oxygen atoms in total. The van der Waals surface area contributed by atoms with Gasteiger partial charge in [-0.15, -0.1) is 0 Å². The van der Waals surface area contributed by atoms with E-state index in [0.717, 1.165) is 16.7 Å². The maximum atomic E-state index is 13.5. The second-order valence-electron chi connectivity index (χ2n) is 8.30. The normalized spacial score (nSPS) is 10.9. The summed E-state index contributed by atoms with van der Waals surface area (Å²) in [4.78, 5) is 12.7. The van der Waals surface area contributed by atoms with Crippen LogP contribution in [0.4, 0.5) is 10.1 Å². The lowest BCUT2D eigenvalue weighted by atomic mass is 10.0. The first-order valence-corrected chi connectivity index (χ1v) is 11.7. The number of anilines is 1. The van der Waals surface area contributed by atoms with Gasteiger partial charge in [-0.2, -0.15) is 5.26 Å². The molecule has 0 aliphatic heterocycles. The second kappa shape index (κ2) is 12.2. The van der Waals surface area contributed by atoms with Crippen LogP contribution in [0.2, 0.25) is 0 Å². The van der Waals surface area contributed by atoms with Crippen LogP contribution in [-0.2, 0) is 17.8 Å². The van der Waals surface area contributed by atoms with Gasteiger partial charge < -0.3 is 14.8 Å². The van der Waals surface area contributed by atoms with Crippen LogP contribution in [0.15, 0.2) is 103 Å². The minimum atomic E-state index is -0.525. The Hall–Kier alpha value is -4.89. The van der Waals surface area contributed by atoms with Crippen LogP contribution in [0.25, 0.3) is 6.08 Å². The first-order chi connectivity index (χ1) is 18.0. The number of rotatable bonds is 9. The maximum absolute atomic E-state index is 13.5. The molecule has 0 saturated carbocycles. The molecule has 4 rings (SSSR count). The lowest BCUT2D eigenvalue weighted by molar-refractivity contribution is -0.112. The molecule has 0 saturated heterocycles. The number of hydrogen-bond donors (Lipinski definition) is 1. The highest BCUT2D eigenvalue weighted by atomic mass is 19.1. The van der Waals surface area contributed by atoms with Crippen LogP contribution >= 0.6 is 0 Å². The van der Waals surface area contributed by atoms with Crippen LogP contribution < -0.4 is 14.8 Å². The molecular weight excluding hydrogens is 467 g/mol. The summed E-state index contributed by atoms with van der Waals surface area (Å²) in [6, 6.07) is 30.5. The number of carbonyl (C=O) groups excluding carboxylic acids is 1. The number of methoxy groups -OCH3 is 1. The van der Waals surface area contributed by atoms with Crippen molar-refractivity contribution in [1.29, 1.82) is 5.26 Å². The molecule has 1 N–H and O–H groups in total. The fourth-order valence-electron chi connectivity index (χ4n) is 3.75. The van der Waals surface area contributed by atoms with Crippen molar-refractivity contribution in [3.63, 3.8) is 0 Å². The largest absolute Gasteiger partial charge is 0.496 e. The molecule has 0 atom stereocenters. The van der Waals surface area contributed by atoms with E-state index in [0.29, 0.717) is 35.8 Å². The SMILES string of the molecule is COc1cc(/C=C(\C#N)C(=O)Nc2ccc(OCc3ccccc3)cc2)ccc1Cc1cccc(F)c1. The zero-order valence-electron chi connectivity index (χ0n) is 20.3. The summed E-state index contributed by atoms with van der Waals surface area (Å²) in [5.74, 6) is 0.434. The van der Waals surface area contributed by atoms with Gasteiger partial charge in [0.05, 0.1) is 7.11 Å². The van der Waals surface area contributed by atoms with Crippen molar-refractivity contribution in [1.82, 2.24) is 0 Å². The van der Waals surface area contributed by atoms with E-state index in [4.69, 9.17) is 9.47 Å². The molecular formula is C31H25FN2O3. The third-order valence-corrected chi connectivity index (χ3v) is 5.63. The number of nitriles is 1. The van der Waals surface area contributed by atoms with E-state index in [1.807, 2.05) is 48.5 Å². The van der Waals surface area contributed by atoms with Gasteiger partial charge in [0.1, 0.15) is 35.6 Å². The third kappa shape index (κ3) is 7.06. The third-order valence-electron chi connectivity index (χ3n) is 5.63. The highest BCUT2D eigenvalue weighted by Crippen LogP contribution is 2.25. The number of ether oxygens (including phenoxy) is 2. The molecule has 4 aromatic carbocycles. The molecule has 184 valence electrons. The quantitative estimate of drug-likeness (QED) is 0.212. The summed E-state index contributed by atoms with van der Waals surface area (Å²) < 4.78 is 24.8. The number of hydrogen-bond acceptors (Lipinski definition) is 4. The predicted octanol–water partition coefficient (Wildman–Crippen LogP) is 6.55. The van der Waals surface area contributed by atoms with Crippen molar-refractivity contribution in [2.24, 2.45) is 0 Å². The highest BCUT2D eigenvalue weighted by Gasteiger charge is 2.12. The molecule has 0 spiro atoms. The van der Waals surface area contributed by atoms with Crippen LogP contribution in [0.5, 0.6) is 11.5 Å². The summed E-state index contributed by atoms with van der Waals surface area (Å²) in [5, 5.41) is 12.3. The average Bonchev–Trinajstić information content (AvgIpc) is 2.92. The zero-order valence-corrected chi connectivity index (χ0v) is 20.3. The van der Waals surface area contributed by atoms with Gasteiger partial charge in [0.25, 0.3) is 5.91 Å². The van der Waals surface area contributed by atoms with E-state index in [2.05, 4.69) is 5.32 Å². The van der Waals surface area contributed by atoms with E-state index < -0.39 is 5.91 Å². The molecule has 0 fully saturated rings. The standard InChI is InChI=1S/C31H25FN2O3/c1-36-30-19-24(10-11-25(30)16-23-8-5-9-27(32)18-23)17-26(20-33)31(35)34-28-12-14-29(15-13-28)37-21-22-6-3-2-4-7-22/h2-15,17-19H,16,21H2,1H3,(H,34,35)/b26-17+. The van der Waals surface area contributed by atoms with E-state index in [1.165, 1.54) is 18.2 Å². The maximum Gasteiger partial charge on any atom is 0.266 e. The summed E-state index contributed by atoms with van der Waals surface area (Å²) in [5.41, 5.74) is 3.86. The topological polar surface area (TPSA) is 71.3 Å². The number of halogens is 1. The van der Waals surface area contributed by atoms with E-state index in [-0.39, 0.29) is 11.4 Å². The van der Waals surface area contributed by atoms with Gasteiger partial charge in [0, 0.05) is 12.1 Å². The highest BCUT2D eigenvalue weighted by molar-refractivity contribution is 6.09. The van der Waals surface area contributed by atoms with Gasteiger partial charge in [0.2, 0.25) is 0 Å². The Labute approximate surface area is 215 Å². The fourth-order valence-corrected chi connectivity index (χ4v) is 3.75. The lowest BCUT2D eigenvalue weighted by Crippen LogP contribution is -2.13. The van der Waals surface area contributed by atoms with Gasteiger partial charge in [-0.3, -0.25) is 4.79 Å². The molecule has 6 heteroatoms. The first kappa shape index (κ1) is 25.2. The molecule has 0 aliphatic rings. The van der Waals surface area contributed by atoms with Crippen molar-refractivity contribution in [3.05, 3.63) is 131 Å². The summed E-state index contributed by atoms with van der Waals surface area (Å²) >= 11 is 0. The smallest absolute Gasteiger partial charge is 0.266 e. The molecule has 1 amide bonds. The summed E-state index contributed by atoms with van der Waals surface area (Å²) in [6.45, 7) is 0.443. The average molecular weight is 493 g/mol. The van der Waals surface area contributed by atoms with Crippen molar-refractivity contribution < 1.29 is 18.7 Å². The van der Waals surface area contributed by atoms with Crippen LogP contribution in [0.3, 0.4) is 0 Å². The molecule has 4 aromatic rings. The number of benzene rings is 4. The number of carbonyl (C=O) groups is 1. The van der Waals surface area contributed by atoms with Crippen molar-refractivity contribution in [3.8, 4) is 17.6 Å². The Morgan fingerprint density at radius 2 is 1.70 bits per heavy atom. The molecule has 0 radical (unpaired) electrons. The van der Waals surface area contributed by atoms with Gasteiger partial charge >= 0.3 is 0 Å². The minimum absolute atomic E-state index is 0.0515.